The summed E-state index contributed by atoms with van der Waals surface area (Å²) in [5, 5.41) is 9.90. The van der Waals surface area contributed by atoms with Gasteiger partial charge in [0.05, 0.1) is 0 Å². The number of hydrogen-bond donors (Lipinski definition) is 3. The van der Waals surface area contributed by atoms with E-state index in [1.807, 2.05) is 6.92 Å². The first kappa shape index (κ1) is 12.4. The fraction of sp³-hybridized carbons (Fsp3) is 0.300. The molecule has 4 N–H and O–H groups in total. The minimum atomic E-state index is -0.345. The number of nitrogens with two attached hydrogens (primary N) is 1. The zero-order valence-electron chi connectivity index (χ0n) is 9.98. The molecule has 0 aromatic carbocycles. The number of thiazole rings is 1. The number of rotatable bonds is 4. The van der Waals surface area contributed by atoms with Crippen LogP contribution in [0.2, 0.25) is 0 Å². The number of hydrogen-bond acceptors (Lipinski definition) is 7. The van der Waals surface area contributed by atoms with E-state index in [1.165, 1.54) is 11.3 Å². The average Bonchev–Trinajstić information content (AvgIpc) is 2.86. The molecule has 0 bridgehead atoms. The Morgan fingerprint density at radius 2 is 2.39 bits per heavy atom. The largest absolute Gasteiger partial charge is 0.382 e. The lowest BCUT2D eigenvalue weighted by Gasteiger charge is -1.97. The van der Waals surface area contributed by atoms with Crippen LogP contribution >= 0.6 is 11.3 Å². The summed E-state index contributed by atoms with van der Waals surface area (Å²) < 4.78 is 4.85. The molecule has 0 aliphatic carbocycles. The molecule has 0 unspecified atom stereocenters. The van der Waals surface area contributed by atoms with E-state index in [9.17, 15) is 4.79 Å². The topological polar surface area (TPSA) is 106 Å². The van der Waals surface area contributed by atoms with Gasteiger partial charge in [0.25, 0.3) is 5.91 Å². The van der Waals surface area contributed by atoms with E-state index in [1.54, 1.807) is 13.0 Å². The van der Waals surface area contributed by atoms with Gasteiger partial charge in [0.1, 0.15) is 16.5 Å². The first-order valence-electron chi connectivity index (χ1n) is 5.35. The molecule has 0 saturated heterocycles. The van der Waals surface area contributed by atoms with Crippen molar-refractivity contribution in [2.24, 2.45) is 0 Å². The number of carbonyl (C=O) groups excluding carboxylic acids is 1. The van der Waals surface area contributed by atoms with Gasteiger partial charge in [-0.25, -0.2) is 4.98 Å². The minimum absolute atomic E-state index is 0.202. The summed E-state index contributed by atoms with van der Waals surface area (Å²) in [4.78, 5) is 16.3. The molecule has 1 amide bonds. The first-order valence-corrected chi connectivity index (χ1v) is 6.16. The van der Waals surface area contributed by atoms with Gasteiger partial charge < -0.3 is 20.9 Å². The van der Waals surface area contributed by atoms with E-state index in [-0.39, 0.29) is 11.7 Å². The quantitative estimate of drug-likeness (QED) is 0.778. The van der Waals surface area contributed by atoms with Crippen molar-refractivity contribution in [3.8, 4) is 0 Å². The van der Waals surface area contributed by atoms with Crippen molar-refractivity contribution in [3.05, 3.63) is 16.7 Å². The molecule has 2 rings (SSSR count). The average molecular weight is 267 g/mol. The van der Waals surface area contributed by atoms with Crippen molar-refractivity contribution in [2.45, 2.75) is 13.8 Å². The zero-order valence-corrected chi connectivity index (χ0v) is 10.8. The second-order valence-electron chi connectivity index (χ2n) is 3.54. The third-order valence-corrected chi connectivity index (χ3v) is 3.08. The van der Waals surface area contributed by atoms with Crippen LogP contribution in [0.3, 0.4) is 0 Å². The highest BCUT2D eigenvalue weighted by molar-refractivity contribution is 7.18. The van der Waals surface area contributed by atoms with Crippen molar-refractivity contribution >= 4 is 34.0 Å². The third-order valence-electron chi connectivity index (χ3n) is 2.06. The smallest absolute Gasteiger partial charge is 0.270 e. The molecule has 0 aliphatic heterocycles. The Morgan fingerprint density at radius 3 is 3.00 bits per heavy atom. The predicted octanol–water partition coefficient (Wildman–Crippen LogP) is 1.71. The summed E-state index contributed by atoms with van der Waals surface area (Å²) in [5.41, 5.74) is 5.69. The highest BCUT2D eigenvalue weighted by Gasteiger charge is 2.17. The van der Waals surface area contributed by atoms with Gasteiger partial charge in [-0.05, 0) is 13.8 Å². The molecule has 2 aromatic heterocycles. The van der Waals surface area contributed by atoms with Gasteiger partial charge in [0.15, 0.2) is 10.9 Å². The second-order valence-corrected chi connectivity index (χ2v) is 4.54. The van der Waals surface area contributed by atoms with Crippen LogP contribution in [-0.2, 0) is 0 Å². The van der Waals surface area contributed by atoms with Crippen LogP contribution in [0.5, 0.6) is 0 Å². The van der Waals surface area contributed by atoms with Gasteiger partial charge in [0, 0.05) is 12.6 Å². The second kappa shape index (κ2) is 5.05. The molecule has 0 radical (unpaired) electrons. The SMILES string of the molecule is CCNc1nc(N)c(C(=O)Nc2cc(C)on2)s1. The van der Waals surface area contributed by atoms with E-state index in [0.29, 0.717) is 21.6 Å². The fourth-order valence-corrected chi connectivity index (χ4v) is 2.17. The number of nitrogens with one attached hydrogen (secondary N) is 2. The molecule has 18 heavy (non-hydrogen) atoms. The summed E-state index contributed by atoms with van der Waals surface area (Å²) in [5.74, 6) is 0.835. The molecule has 96 valence electrons. The van der Waals surface area contributed by atoms with Gasteiger partial charge in [-0.15, -0.1) is 0 Å². The Hall–Kier alpha value is -2.09. The number of nitrogens with zero attached hydrogens (tertiary/aromatic N) is 2. The lowest BCUT2D eigenvalue weighted by Crippen LogP contribution is -2.12. The van der Waals surface area contributed by atoms with Crippen molar-refractivity contribution in [1.82, 2.24) is 10.1 Å². The summed E-state index contributed by atoms with van der Waals surface area (Å²) in [6.45, 7) is 4.40. The number of carbonyl (C=O) groups is 1. The van der Waals surface area contributed by atoms with E-state index in [2.05, 4.69) is 20.8 Å². The Labute approximate surface area is 107 Å². The predicted molar refractivity (Wildman–Crippen MR) is 69.9 cm³/mol. The van der Waals surface area contributed by atoms with Crippen LogP contribution in [-0.4, -0.2) is 22.6 Å². The van der Waals surface area contributed by atoms with Gasteiger partial charge in [-0.2, -0.15) is 0 Å². The number of aromatic nitrogens is 2. The lowest BCUT2D eigenvalue weighted by atomic mass is 10.4. The summed E-state index contributed by atoms with van der Waals surface area (Å²) in [6, 6.07) is 1.63. The molecule has 0 atom stereocenters. The summed E-state index contributed by atoms with van der Waals surface area (Å²) in [6.07, 6.45) is 0. The maximum absolute atomic E-state index is 11.9. The maximum Gasteiger partial charge on any atom is 0.270 e. The summed E-state index contributed by atoms with van der Waals surface area (Å²) >= 11 is 1.20. The molecule has 0 aliphatic rings. The number of amides is 1. The molecule has 8 heteroatoms. The van der Waals surface area contributed by atoms with Crippen molar-refractivity contribution in [2.75, 3.05) is 22.9 Å². The minimum Gasteiger partial charge on any atom is -0.382 e. The lowest BCUT2D eigenvalue weighted by molar-refractivity contribution is 0.103. The third kappa shape index (κ3) is 2.59. The molecule has 7 nitrogen and oxygen atoms in total. The standard InChI is InChI=1S/C10H13N5O2S/c1-3-12-10-14-8(11)7(18-10)9(16)13-6-4-5(2)17-15-6/h4H,3,11H2,1-2H3,(H,12,14)(H,13,15,16). The van der Waals surface area contributed by atoms with Crippen molar-refractivity contribution in [1.29, 1.82) is 0 Å². The Morgan fingerprint density at radius 1 is 1.61 bits per heavy atom. The van der Waals surface area contributed by atoms with Crippen LogP contribution < -0.4 is 16.4 Å². The first-order chi connectivity index (χ1) is 8.60. The number of aryl methyl sites for hydroxylation is 1. The summed E-state index contributed by atoms with van der Waals surface area (Å²) in [7, 11) is 0. The highest BCUT2D eigenvalue weighted by Crippen LogP contribution is 2.25. The van der Waals surface area contributed by atoms with Crippen LogP contribution in [0.15, 0.2) is 10.6 Å². The van der Waals surface area contributed by atoms with E-state index < -0.39 is 0 Å². The van der Waals surface area contributed by atoms with Crippen molar-refractivity contribution < 1.29 is 9.32 Å². The fourth-order valence-electron chi connectivity index (χ4n) is 1.32. The van der Waals surface area contributed by atoms with Crippen LogP contribution in [0.4, 0.5) is 16.8 Å². The highest BCUT2D eigenvalue weighted by atomic mass is 32.1. The van der Waals surface area contributed by atoms with Gasteiger partial charge >= 0.3 is 0 Å². The molecule has 0 fully saturated rings. The van der Waals surface area contributed by atoms with E-state index in [4.69, 9.17) is 10.3 Å². The van der Waals surface area contributed by atoms with Crippen LogP contribution in [0.1, 0.15) is 22.4 Å². The molecule has 2 aromatic rings. The van der Waals surface area contributed by atoms with Crippen LogP contribution in [0, 0.1) is 6.92 Å². The zero-order chi connectivity index (χ0) is 13.1. The molecular formula is C10H13N5O2S. The molecule has 0 saturated carbocycles. The molecule has 2 heterocycles. The van der Waals surface area contributed by atoms with Gasteiger partial charge in [-0.3, -0.25) is 4.79 Å². The number of nitrogen functional groups attached to an aromatic ring is 1. The Bertz CT molecular complexity index is 562. The van der Waals surface area contributed by atoms with Crippen molar-refractivity contribution in [3.63, 3.8) is 0 Å². The number of anilines is 3. The Kier molecular flexibility index (Phi) is 3.47. The maximum atomic E-state index is 11.9. The normalized spacial score (nSPS) is 10.3. The van der Waals surface area contributed by atoms with Crippen LogP contribution in [0.25, 0.3) is 0 Å². The molecular weight excluding hydrogens is 254 g/mol. The van der Waals surface area contributed by atoms with E-state index in [0.717, 1.165) is 6.54 Å². The van der Waals surface area contributed by atoms with E-state index >= 15 is 0 Å². The van der Waals surface area contributed by atoms with Gasteiger partial charge in [0.2, 0.25) is 0 Å². The monoisotopic (exact) mass is 267 g/mol. The Balaban J connectivity index is 2.13. The van der Waals surface area contributed by atoms with Gasteiger partial charge in [-0.1, -0.05) is 16.5 Å². The molecule has 0 spiro atoms.